The quantitative estimate of drug-likeness (QED) is 0.161. The van der Waals surface area contributed by atoms with Crippen molar-refractivity contribution in [3.8, 4) is 90.5 Å². The Balaban J connectivity index is 1.04. The Morgan fingerprint density at radius 3 is 1.41 bits per heavy atom. The van der Waals surface area contributed by atoms with Gasteiger partial charge in [0.2, 0.25) is 0 Å². The first-order valence-electron chi connectivity index (χ1n) is 21.2. The van der Waals surface area contributed by atoms with Gasteiger partial charge in [-0.15, -0.1) is 0 Å². The average Bonchev–Trinajstić information content (AvgIpc) is 3.68. The van der Waals surface area contributed by atoms with Gasteiger partial charge in [-0.3, -0.25) is 0 Å². The van der Waals surface area contributed by atoms with Gasteiger partial charge in [0, 0.05) is 27.8 Å². The lowest BCUT2D eigenvalue weighted by molar-refractivity contribution is 0.361. The van der Waals surface area contributed by atoms with Gasteiger partial charge in [0.1, 0.15) is 0 Å². The lowest BCUT2D eigenvalue weighted by Crippen LogP contribution is -2.28. The van der Waals surface area contributed by atoms with Crippen molar-refractivity contribution in [2.24, 2.45) is 0 Å². The molecule has 1 aliphatic carbocycles. The third-order valence-electron chi connectivity index (χ3n) is 12.3. The Bertz CT molecular complexity index is 3300. The summed E-state index contributed by atoms with van der Waals surface area (Å²) in [6.07, 6.45) is 0. The fraction of sp³-hybridized carbons (Fsp3) is 0.0172. The summed E-state index contributed by atoms with van der Waals surface area (Å²) in [7, 11) is 0. The molecule has 0 spiro atoms. The van der Waals surface area contributed by atoms with Crippen molar-refractivity contribution in [3.05, 3.63) is 247 Å². The number of fused-ring (bicyclic) bond motifs is 6. The molecular weight excluding hydrogens is 771 g/mol. The molecule has 10 aromatic rings. The highest BCUT2D eigenvalue weighted by atomic mass is 16.6. The van der Waals surface area contributed by atoms with Crippen molar-refractivity contribution in [1.29, 1.82) is 0 Å². The van der Waals surface area contributed by atoms with E-state index in [2.05, 4.69) is 158 Å². The molecule has 2 aliphatic rings. The van der Waals surface area contributed by atoms with E-state index in [-0.39, 0.29) is 0 Å². The predicted octanol–water partition coefficient (Wildman–Crippen LogP) is 14.5. The van der Waals surface area contributed by atoms with E-state index in [0.717, 1.165) is 55.6 Å². The minimum atomic E-state index is -0.578. The second-order valence-electron chi connectivity index (χ2n) is 15.8. The largest absolute Gasteiger partial charge is 0.449 e. The molecule has 5 nitrogen and oxygen atoms in total. The topological polar surface area (TPSA) is 57.1 Å². The summed E-state index contributed by atoms with van der Waals surface area (Å²) in [5, 5.41) is 0. The Morgan fingerprint density at radius 1 is 0.286 bits per heavy atom. The maximum atomic E-state index is 7.29. The van der Waals surface area contributed by atoms with Crippen LogP contribution in [0, 0.1) is 0 Å². The number of hydrogen-bond acceptors (Lipinski definition) is 5. The Morgan fingerprint density at radius 2 is 0.762 bits per heavy atom. The van der Waals surface area contributed by atoms with Crippen LogP contribution in [0.5, 0.6) is 23.0 Å². The predicted molar refractivity (Wildman–Crippen MR) is 251 cm³/mol. The highest BCUT2D eigenvalue weighted by Gasteiger charge is 2.48. The average molecular weight is 808 g/mol. The second kappa shape index (κ2) is 14.9. The van der Waals surface area contributed by atoms with Crippen molar-refractivity contribution in [1.82, 2.24) is 15.0 Å². The summed E-state index contributed by atoms with van der Waals surface area (Å²) in [4.78, 5) is 15.6. The van der Waals surface area contributed by atoms with Gasteiger partial charge in [0.05, 0.1) is 5.41 Å². The third-order valence-corrected chi connectivity index (χ3v) is 12.3. The van der Waals surface area contributed by atoms with Crippen molar-refractivity contribution in [2.45, 2.75) is 5.41 Å². The number of para-hydroxylation sites is 1. The SMILES string of the molecule is c1ccc(-c2nc(-c3ccccc3-c3ccccc3)nc(-c3ccccc3-c3cccc4c3Oc3c(ccc5c3-c3ccccc3C5(c3ccccc3)c3ccccc3)O4)n2)cc1. The van der Waals surface area contributed by atoms with Crippen LogP contribution in [0.3, 0.4) is 0 Å². The highest BCUT2D eigenvalue weighted by Crippen LogP contribution is 2.63. The van der Waals surface area contributed by atoms with Crippen LogP contribution in [0.1, 0.15) is 22.3 Å². The van der Waals surface area contributed by atoms with Gasteiger partial charge < -0.3 is 9.47 Å². The molecule has 2 heterocycles. The zero-order valence-electron chi connectivity index (χ0n) is 34.0. The first-order valence-corrected chi connectivity index (χ1v) is 21.2. The third kappa shape index (κ3) is 5.89. The lowest BCUT2D eigenvalue weighted by Gasteiger charge is -2.34. The van der Waals surface area contributed by atoms with Gasteiger partial charge in [0.15, 0.2) is 40.5 Å². The smallest absolute Gasteiger partial charge is 0.178 e. The van der Waals surface area contributed by atoms with E-state index >= 15 is 0 Å². The Labute approximate surface area is 365 Å². The molecule has 0 saturated carbocycles. The van der Waals surface area contributed by atoms with Gasteiger partial charge in [-0.2, -0.15) is 0 Å². The van der Waals surface area contributed by atoms with Crippen molar-refractivity contribution < 1.29 is 9.47 Å². The molecule has 0 fully saturated rings. The molecule has 63 heavy (non-hydrogen) atoms. The van der Waals surface area contributed by atoms with Crippen molar-refractivity contribution in [2.75, 3.05) is 0 Å². The molecule has 0 amide bonds. The highest BCUT2D eigenvalue weighted by molar-refractivity contribution is 5.93. The van der Waals surface area contributed by atoms with Crippen LogP contribution >= 0.6 is 0 Å². The minimum Gasteiger partial charge on any atom is -0.449 e. The first kappa shape index (κ1) is 36.4. The van der Waals surface area contributed by atoms with Gasteiger partial charge in [-0.25, -0.2) is 15.0 Å². The number of aromatic nitrogens is 3. The van der Waals surface area contributed by atoms with E-state index < -0.39 is 5.41 Å². The summed E-state index contributed by atoms with van der Waals surface area (Å²) in [6, 6.07) is 77.7. The zero-order chi connectivity index (χ0) is 41.7. The molecule has 0 bridgehead atoms. The lowest BCUT2D eigenvalue weighted by atomic mass is 9.68. The normalized spacial score (nSPS) is 12.8. The molecular formula is C58H37N3O2. The summed E-state index contributed by atoms with van der Waals surface area (Å²) >= 11 is 0. The molecule has 9 aromatic carbocycles. The summed E-state index contributed by atoms with van der Waals surface area (Å²) in [5.41, 5.74) is 12.8. The van der Waals surface area contributed by atoms with Crippen LogP contribution in [-0.2, 0) is 5.41 Å². The molecule has 0 radical (unpaired) electrons. The summed E-state index contributed by atoms with van der Waals surface area (Å²) < 4.78 is 14.1. The van der Waals surface area contributed by atoms with Crippen LogP contribution in [0.15, 0.2) is 224 Å². The van der Waals surface area contributed by atoms with Crippen LogP contribution in [-0.4, -0.2) is 15.0 Å². The van der Waals surface area contributed by atoms with Crippen molar-refractivity contribution >= 4 is 0 Å². The van der Waals surface area contributed by atoms with Gasteiger partial charge >= 0.3 is 0 Å². The van der Waals surface area contributed by atoms with E-state index in [9.17, 15) is 0 Å². The minimum absolute atomic E-state index is 0.553. The zero-order valence-corrected chi connectivity index (χ0v) is 34.0. The van der Waals surface area contributed by atoms with E-state index in [1.165, 1.54) is 16.7 Å². The second-order valence-corrected chi connectivity index (χ2v) is 15.8. The van der Waals surface area contributed by atoms with Crippen molar-refractivity contribution in [3.63, 3.8) is 0 Å². The fourth-order valence-electron chi connectivity index (χ4n) is 9.59. The van der Waals surface area contributed by atoms with Gasteiger partial charge in [-0.05, 0) is 56.6 Å². The standard InChI is InChI=1S/C58H37N3O2/c1-5-20-38(21-6-1)42-28-13-15-30-45(42)56-59-55(39-22-7-2-8-23-39)60-57(61-56)46-31-16-14-29-43(46)44-33-19-35-50-53(44)63-54-51(62-50)37-36-49-52(54)47-32-17-18-34-48(47)58(49,40-24-9-3-10-25-40)41-26-11-4-12-27-41/h1-37H. The molecule has 5 heteroatoms. The number of ether oxygens (including phenoxy) is 2. The summed E-state index contributed by atoms with van der Waals surface area (Å²) in [5.74, 6) is 4.36. The Kier molecular flexibility index (Phi) is 8.64. The number of rotatable bonds is 7. The fourth-order valence-corrected chi connectivity index (χ4v) is 9.59. The monoisotopic (exact) mass is 807 g/mol. The number of hydrogen-bond donors (Lipinski definition) is 0. The van der Waals surface area contributed by atoms with Crippen LogP contribution in [0.4, 0.5) is 0 Å². The molecule has 0 saturated heterocycles. The van der Waals surface area contributed by atoms with E-state index in [4.69, 9.17) is 24.4 Å². The molecule has 12 rings (SSSR count). The van der Waals surface area contributed by atoms with Crippen LogP contribution < -0.4 is 9.47 Å². The van der Waals surface area contributed by atoms with Gasteiger partial charge in [0.25, 0.3) is 0 Å². The Hall–Kier alpha value is -8.41. The molecule has 296 valence electrons. The van der Waals surface area contributed by atoms with E-state index in [1.807, 2.05) is 66.7 Å². The van der Waals surface area contributed by atoms with Crippen LogP contribution in [0.2, 0.25) is 0 Å². The van der Waals surface area contributed by atoms with Gasteiger partial charge in [-0.1, -0.05) is 212 Å². The number of nitrogens with zero attached hydrogens (tertiary/aromatic N) is 3. The number of benzene rings is 9. The molecule has 0 unspecified atom stereocenters. The van der Waals surface area contributed by atoms with E-state index in [0.29, 0.717) is 40.5 Å². The molecule has 1 aliphatic heterocycles. The molecule has 0 atom stereocenters. The molecule has 1 aromatic heterocycles. The first-order chi connectivity index (χ1) is 31.3. The molecule has 0 N–H and O–H groups in total. The van der Waals surface area contributed by atoms with Crippen LogP contribution in [0.25, 0.3) is 67.5 Å². The summed E-state index contributed by atoms with van der Waals surface area (Å²) in [6.45, 7) is 0. The van der Waals surface area contributed by atoms with E-state index in [1.54, 1.807) is 0 Å². The maximum Gasteiger partial charge on any atom is 0.178 e. The maximum absolute atomic E-state index is 7.29.